The maximum absolute atomic E-state index is 12.7. The van der Waals surface area contributed by atoms with Crippen molar-refractivity contribution in [2.24, 2.45) is 5.92 Å². The van der Waals surface area contributed by atoms with Gasteiger partial charge in [0.2, 0.25) is 0 Å². The first-order valence-corrected chi connectivity index (χ1v) is 9.30. The molecule has 1 spiro atoms. The molecule has 1 amide bonds. The molecule has 2 atom stereocenters. The van der Waals surface area contributed by atoms with Gasteiger partial charge in [0, 0.05) is 37.6 Å². The van der Waals surface area contributed by atoms with Gasteiger partial charge in [-0.1, -0.05) is 0 Å². The van der Waals surface area contributed by atoms with Crippen molar-refractivity contribution in [2.75, 3.05) is 39.3 Å². The largest absolute Gasteiger partial charge is 0.373 e. The fraction of sp³-hybridized carbons (Fsp3) is 0.684. The quantitative estimate of drug-likeness (QED) is 0.853. The Balaban J connectivity index is 1.38. The molecule has 3 aliphatic heterocycles. The average Bonchev–Trinajstić information content (AvgIpc) is 3.26. The maximum Gasteiger partial charge on any atom is 0.254 e. The Morgan fingerprint density at radius 3 is 2.79 bits per heavy atom. The zero-order valence-corrected chi connectivity index (χ0v) is 14.3. The summed E-state index contributed by atoms with van der Waals surface area (Å²) in [6.45, 7) is 6.09. The number of aromatic nitrogens is 1. The first kappa shape index (κ1) is 16.0. The van der Waals surface area contributed by atoms with Crippen LogP contribution in [-0.2, 0) is 4.74 Å². The van der Waals surface area contributed by atoms with Crippen LogP contribution in [0.1, 0.15) is 42.5 Å². The summed E-state index contributed by atoms with van der Waals surface area (Å²) >= 11 is 0. The normalized spacial score (nSPS) is 31.0. The van der Waals surface area contributed by atoms with Crippen LogP contribution in [0.4, 0.5) is 0 Å². The lowest BCUT2D eigenvalue weighted by atomic mass is 9.86. The predicted molar refractivity (Wildman–Crippen MR) is 91.8 cm³/mol. The molecule has 0 radical (unpaired) electrons. The van der Waals surface area contributed by atoms with E-state index < -0.39 is 0 Å². The van der Waals surface area contributed by atoms with Crippen molar-refractivity contribution in [3.63, 3.8) is 0 Å². The highest BCUT2D eigenvalue weighted by atomic mass is 16.5. The van der Waals surface area contributed by atoms with E-state index in [2.05, 4.69) is 9.88 Å². The smallest absolute Gasteiger partial charge is 0.254 e. The van der Waals surface area contributed by atoms with Crippen molar-refractivity contribution in [2.45, 2.75) is 37.7 Å². The third kappa shape index (κ3) is 3.33. The number of rotatable bonds is 3. The lowest BCUT2D eigenvalue weighted by molar-refractivity contribution is -0.0450. The maximum atomic E-state index is 12.7. The molecule has 4 heterocycles. The Kier molecular flexibility index (Phi) is 4.55. The van der Waals surface area contributed by atoms with E-state index >= 15 is 0 Å². The summed E-state index contributed by atoms with van der Waals surface area (Å²) in [6, 6.07) is 3.60. The van der Waals surface area contributed by atoms with Gasteiger partial charge < -0.3 is 14.5 Å². The van der Waals surface area contributed by atoms with Gasteiger partial charge in [0.15, 0.2) is 0 Å². The number of likely N-dealkylation sites (tertiary alicyclic amines) is 2. The Labute approximate surface area is 144 Å². The van der Waals surface area contributed by atoms with Crippen LogP contribution in [0, 0.1) is 5.92 Å². The van der Waals surface area contributed by atoms with E-state index in [9.17, 15) is 4.79 Å². The molecule has 0 N–H and O–H groups in total. The molecule has 1 aromatic heterocycles. The predicted octanol–water partition coefficient (Wildman–Crippen LogP) is 2.19. The number of carbonyl (C=O) groups is 1. The van der Waals surface area contributed by atoms with Crippen molar-refractivity contribution in [3.8, 4) is 0 Å². The van der Waals surface area contributed by atoms with Gasteiger partial charge in [-0.25, -0.2) is 0 Å². The van der Waals surface area contributed by atoms with Crippen molar-refractivity contribution in [3.05, 3.63) is 30.1 Å². The molecule has 3 fully saturated rings. The van der Waals surface area contributed by atoms with E-state index in [0.717, 1.165) is 44.5 Å². The molecule has 3 saturated heterocycles. The first-order valence-electron chi connectivity index (χ1n) is 9.30. The monoisotopic (exact) mass is 329 g/mol. The Bertz CT molecular complexity index is 573. The van der Waals surface area contributed by atoms with Crippen LogP contribution in [0.2, 0.25) is 0 Å². The molecule has 0 saturated carbocycles. The van der Waals surface area contributed by atoms with Gasteiger partial charge >= 0.3 is 0 Å². The number of carbonyl (C=O) groups excluding carboxylic acids is 1. The van der Waals surface area contributed by atoms with Crippen LogP contribution < -0.4 is 0 Å². The van der Waals surface area contributed by atoms with E-state index in [4.69, 9.17) is 4.74 Å². The second-order valence-corrected chi connectivity index (χ2v) is 7.64. The molecule has 1 aromatic rings. The van der Waals surface area contributed by atoms with Gasteiger partial charge in [0.05, 0.1) is 12.2 Å². The van der Waals surface area contributed by atoms with Crippen LogP contribution in [0.3, 0.4) is 0 Å². The molecule has 0 aromatic carbocycles. The van der Waals surface area contributed by atoms with E-state index in [1.165, 1.54) is 32.5 Å². The summed E-state index contributed by atoms with van der Waals surface area (Å²) in [5.41, 5.74) is 0.624. The molecule has 24 heavy (non-hydrogen) atoms. The van der Waals surface area contributed by atoms with Crippen molar-refractivity contribution < 1.29 is 9.53 Å². The highest BCUT2D eigenvalue weighted by molar-refractivity contribution is 5.94. The Hall–Kier alpha value is -1.46. The molecule has 0 bridgehead atoms. The molecule has 3 aliphatic rings. The first-order chi connectivity index (χ1) is 11.7. The van der Waals surface area contributed by atoms with Gasteiger partial charge in [-0.3, -0.25) is 9.78 Å². The molecular formula is C19H27N3O2. The number of piperidine rings is 1. The SMILES string of the molecule is O=C(c1ccncc1)N1CCC[C@]2(C[C@H](CN3CCCC3)CO2)C1. The summed E-state index contributed by atoms with van der Waals surface area (Å²) in [7, 11) is 0. The van der Waals surface area contributed by atoms with Gasteiger partial charge in [0.1, 0.15) is 0 Å². The van der Waals surface area contributed by atoms with E-state index in [0.29, 0.717) is 5.92 Å². The molecule has 5 heteroatoms. The minimum absolute atomic E-state index is 0.106. The standard InChI is InChI=1S/C19H27N3O2/c23-18(17-4-7-20-8-5-17)22-11-3-6-19(15-22)12-16(14-24-19)13-21-9-1-2-10-21/h4-5,7-8,16H,1-3,6,9-15H2/t16-,19+/m1/s1. The van der Waals surface area contributed by atoms with Crippen LogP contribution in [-0.4, -0.2) is 65.6 Å². The summed E-state index contributed by atoms with van der Waals surface area (Å²) in [6.07, 6.45) is 9.27. The molecule has 0 aliphatic carbocycles. The van der Waals surface area contributed by atoms with Crippen LogP contribution in [0.15, 0.2) is 24.5 Å². The second-order valence-electron chi connectivity index (χ2n) is 7.64. The lowest BCUT2D eigenvalue weighted by Crippen LogP contribution is -2.50. The van der Waals surface area contributed by atoms with Crippen molar-refractivity contribution in [1.29, 1.82) is 0 Å². The highest BCUT2D eigenvalue weighted by Gasteiger charge is 2.44. The van der Waals surface area contributed by atoms with Crippen LogP contribution in [0.5, 0.6) is 0 Å². The number of ether oxygens (including phenoxy) is 1. The second kappa shape index (κ2) is 6.81. The van der Waals surface area contributed by atoms with E-state index in [1.54, 1.807) is 24.5 Å². The minimum Gasteiger partial charge on any atom is -0.373 e. The highest BCUT2D eigenvalue weighted by Crippen LogP contribution is 2.38. The third-order valence-corrected chi connectivity index (χ3v) is 5.75. The van der Waals surface area contributed by atoms with Crippen LogP contribution in [0.25, 0.3) is 0 Å². The van der Waals surface area contributed by atoms with Gasteiger partial charge in [-0.2, -0.15) is 0 Å². The van der Waals surface area contributed by atoms with E-state index in [1.807, 2.05) is 4.90 Å². The zero-order chi connectivity index (χ0) is 16.4. The molecule has 5 nitrogen and oxygen atoms in total. The summed E-state index contributed by atoms with van der Waals surface area (Å²) in [4.78, 5) is 21.3. The van der Waals surface area contributed by atoms with Crippen molar-refractivity contribution in [1.82, 2.24) is 14.8 Å². The summed E-state index contributed by atoms with van der Waals surface area (Å²) in [5.74, 6) is 0.738. The topological polar surface area (TPSA) is 45.7 Å². The Morgan fingerprint density at radius 1 is 1.21 bits per heavy atom. The minimum atomic E-state index is -0.106. The van der Waals surface area contributed by atoms with Gasteiger partial charge in [0.25, 0.3) is 5.91 Å². The lowest BCUT2D eigenvalue weighted by Gasteiger charge is -2.40. The molecule has 130 valence electrons. The average molecular weight is 329 g/mol. The molecule has 0 unspecified atom stereocenters. The number of hydrogen-bond acceptors (Lipinski definition) is 4. The fourth-order valence-corrected chi connectivity index (χ4v) is 4.62. The number of hydrogen-bond donors (Lipinski definition) is 0. The van der Waals surface area contributed by atoms with Gasteiger partial charge in [-0.15, -0.1) is 0 Å². The number of amides is 1. The zero-order valence-electron chi connectivity index (χ0n) is 14.3. The summed E-state index contributed by atoms with van der Waals surface area (Å²) in [5, 5.41) is 0. The van der Waals surface area contributed by atoms with Crippen molar-refractivity contribution >= 4 is 5.91 Å². The van der Waals surface area contributed by atoms with Gasteiger partial charge in [-0.05, 0) is 63.2 Å². The number of pyridine rings is 1. The van der Waals surface area contributed by atoms with E-state index in [-0.39, 0.29) is 11.5 Å². The molecular weight excluding hydrogens is 302 g/mol. The fourth-order valence-electron chi connectivity index (χ4n) is 4.62. The Morgan fingerprint density at radius 2 is 2.00 bits per heavy atom. The summed E-state index contributed by atoms with van der Waals surface area (Å²) < 4.78 is 6.29. The molecule has 4 rings (SSSR count). The number of nitrogens with zero attached hydrogens (tertiary/aromatic N) is 3. The van der Waals surface area contributed by atoms with Crippen LogP contribution >= 0.6 is 0 Å². The third-order valence-electron chi connectivity index (χ3n) is 5.75.